The summed E-state index contributed by atoms with van der Waals surface area (Å²) in [5.74, 6) is -0.228. The fraction of sp³-hybridized carbons (Fsp3) is 0.333. The van der Waals surface area contributed by atoms with Crippen molar-refractivity contribution in [3.8, 4) is 5.75 Å². The molecule has 1 atom stereocenters. The van der Waals surface area contributed by atoms with Gasteiger partial charge in [0.05, 0.1) is 7.11 Å². The molecule has 0 amide bonds. The second-order valence-electron chi connectivity index (χ2n) is 5.20. The maximum Gasteiger partial charge on any atom is 0.246 e. The van der Waals surface area contributed by atoms with Gasteiger partial charge in [-0.25, -0.2) is 12.8 Å². The molecule has 0 bridgehead atoms. The molecule has 4 nitrogen and oxygen atoms in total. The molecule has 22 heavy (non-hydrogen) atoms. The number of thiophene rings is 1. The predicted octanol–water partition coefficient (Wildman–Crippen LogP) is 3.07. The summed E-state index contributed by atoms with van der Waals surface area (Å²) in [5, 5.41) is 4.03. The van der Waals surface area contributed by atoms with Crippen molar-refractivity contribution < 1.29 is 17.5 Å². The third-order valence-electron chi connectivity index (χ3n) is 3.91. The predicted molar refractivity (Wildman–Crippen MR) is 83.4 cm³/mol. The first-order valence-electron chi connectivity index (χ1n) is 6.88. The van der Waals surface area contributed by atoms with Crippen molar-refractivity contribution in [2.24, 2.45) is 0 Å². The van der Waals surface area contributed by atoms with Gasteiger partial charge >= 0.3 is 0 Å². The highest BCUT2D eigenvalue weighted by Crippen LogP contribution is 2.34. The summed E-state index contributed by atoms with van der Waals surface area (Å²) in [4.78, 5) is -0.110. The van der Waals surface area contributed by atoms with E-state index >= 15 is 0 Å². The van der Waals surface area contributed by atoms with Crippen LogP contribution in [0.25, 0.3) is 0 Å². The zero-order chi connectivity index (χ0) is 15.7. The lowest BCUT2D eigenvalue weighted by Crippen LogP contribution is -2.29. The van der Waals surface area contributed by atoms with E-state index in [2.05, 4.69) is 0 Å². The Bertz CT molecular complexity index is 759. The van der Waals surface area contributed by atoms with Gasteiger partial charge in [-0.2, -0.15) is 15.6 Å². The number of ether oxygens (including phenoxy) is 1. The lowest BCUT2D eigenvalue weighted by molar-refractivity contribution is 0.396. The molecule has 1 aromatic heterocycles. The van der Waals surface area contributed by atoms with Gasteiger partial charge in [0.25, 0.3) is 0 Å². The first-order valence-corrected chi connectivity index (χ1v) is 9.26. The maximum absolute atomic E-state index is 13.5. The number of sulfonamides is 1. The average Bonchev–Trinajstić information content (AvgIpc) is 3.18. The zero-order valence-corrected chi connectivity index (χ0v) is 13.7. The van der Waals surface area contributed by atoms with Gasteiger partial charge < -0.3 is 4.74 Å². The summed E-state index contributed by atoms with van der Waals surface area (Å²) >= 11 is 1.60. The third kappa shape index (κ3) is 2.76. The van der Waals surface area contributed by atoms with Gasteiger partial charge in [0.1, 0.15) is 16.5 Å². The molecule has 1 fully saturated rings. The zero-order valence-electron chi connectivity index (χ0n) is 12.0. The SMILES string of the molecule is COc1ccc(F)cc1S(=O)(=O)N1CCC(c2ccsc2)C1. The van der Waals surface area contributed by atoms with Crippen LogP contribution in [0.2, 0.25) is 0 Å². The van der Waals surface area contributed by atoms with E-state index in [0.717, 1.165) is 18.1 Å². The van der Waals surface area contributed by atoms with Gasteiger partial charge in [0.2, 0.25) is 10.0 Å². The standard InChI is InChI=1S/C15H16FNO3S2/c1-20-14-3-2-13(16)8-15(14)22(18,19)17-6-4-11(9-17)12-5-7-21-10-12/h2-3,5,7-8,10-11H,4,6,9H2,1H3. The number of halogens is 1. The maximum atomic E-state index is 13.5. The number of benzene rings is 1. The number of methoxy groups -OCH3 is 1. The molecule has 1 aliphatic rings. The monoisotopic (exact) mass is 341 g/mol. The van der Waals surface area contributed by atoms with Crippen LogP contribution >= 0.6 is 11.3 Å². The molecule has 0 saturated carbocycles. The van der Waals surface area contributed by atoms with Crippen molar-refractivity contribution >= 4 is 21.4 Å². The van der Waals surface area contributed by atoms with Crippen molar-refractivity contribution in [3.05, 3.63) is 46.4 Å². The normalized spacial score (nSPS) is 19.5. The highest BCUT2D eigenvalue weighted by Gasteiger charge is 2.35. The van der Waals surface area contributed by atoms with E-state index in [4.69, 9.17) is 4.74 Å². The van der Waals surface area contributed by atoms with Gasteiger partial charge in [-0.05, 0) is 52.9 Å². The Morgan fingerprint density at radius 2 is 2.18 bits per heavy atom. The summed E-state index contributed by atoms with van der Waals surface area (Å²) in [6.07, 6.45) is 0.771. The molecule has 1 unspecified atom stereocenters. The molecule has 0 N–H and O–H groups in total. The van der Waals surface area contributed by atoms with Crippen LogP contribution in [0, 0.1) is 5.82 Å². The van der Waals surface area contributed by atoms with Crippen LogP contribution in [0.4, 0.5) is 4.39 Å². The number of hydrogen-bond acceptors (Lipinski definition) is 4. The summed E-state index contributed by atoms with van der Waals surface area (Å²) in [7, 11) is -2.38. The molecule has 118 valence electrons. The molecular weight excluding hydrogens is 325 g/mol. The number of hydrogen-bond donors (Lipinski definition) is 0. The van der Waals surface area contributed by atoms with E-state index in [9.17, 15) is 12.8 Å². The lowest BCUT2D eigenvalue weighted by Gasteiger charge is -2.18. The minimum atomic E-state index is -3.76. The van der Waals surface area contributed by atoms with Crippen LogP contribution in [0.3, 0.4) is 0 Å². The molecule has 2 aromatic rings. The molecule has 0 radical (unpaired) electrons. The number of nitrogens with zero attached hydrogens (tertiary/aromatic N) is 1. The Kier molecular flexibility index (Phi) is 4.20. The van der Waals surface area contributed by atoms with E-state index in [1.54, 1.807) is 11.3 Å². The van der Waals surface area contributed by atoms with E-state index in [1.807, 2.05) is 16.8 Å². The first-order chi connectivity index (χ1) is 10.5. The van der Waals surface area contributed by atoms with Crippen LogP contribution in [-0.4, -0.2) is 32.9 Å². The van der Waals surface area contributed by atoms with Crippen LogP contribution in [0.5, 0.6) is 5.75 Å². The lowest BCUT2D eigenvalue weighted by atomic mass is 10.0. The van der Waals surface area contributed by atoms with E-state index < -0.39 is 15.8 Å². The molecule has 3 rings (SSSR count). The Morgan fingerprint density at radius 3 is 2.86 bits per heavy atom. The van der Waals surface area contributed by atoms with Gasteiger partial charge in [-0.15, -0.1) is 0 Å². The second-order valence-corrected chi connectivity index (χ2v) is 7.89. The van der Waals surface area contributed by atoms with Crippen molar-refractivity contribution in [1.82, 2.24) is 4.31 Å². The quantitative estimate of drug-likeness (QED) is 0.859. The molecule has 1 saturated heterocycles. The van der Waals surface area contributed by atoms with Gasteiger partial charge in [0, 0.05) is 13.1 Å². The van der Waals surface area contributed by atoms with Gasteiger partial charge in [-0.3, -0.25) is 0 Å². The van der Waals surface area contributed by atoms with Crippen LogP contribution in [-0.2, 0) is 10.0 Å². The highest BCUT2D eigenvalue weighted by atomic mass is 32.2. The van der Waals surface area contributed by atoms with Crippen molar-refractivity contribution in [3.63, 3.8) is 0 Å². The third-order valence-corrected chi connectivity index (χ3v) is 6.50. The van der Waals surface area contributed by atoms with E-state index in [1.165, 1.54) is 23.5 Å². The fourth-order valence-corrected chi connectivity index (χ4v) is 5.13. The van der Waals surface area contributed by atoms with Gasteiger partial charge in [-0.1, -0.05) is 0 Å². The van der Waals surface area contributed by atoms with Gasteiger partial charge in [0.15, 0.2) is 0 Å². The minimum absolute atomic E-state index is 0.110. The van der Waals surface area contributed by atoms with Crippen LogP contribution in [0.1, 0.15) is 17.9 Å². The Labute approximate surface area is 133 Å². The van der Waals surface area contributed by atoms with Crippen molar-refractivity contribution in [2.75, 3.05) is 20.2 Å². The first kappa shape index (κ1) is 15.5. The highest BCUT2D eigenvalue weighted by molar-refractivity contribution is 7.89. The summed E-state index contributed by atoms with van der Waals surface area (Å²) in [6.45, 7) is 0.848. The molecular formula is C15H16FNO3S2. The van der Waals surface area contributed by atoms with Crippen LogP contribution in [0.15, 0.2) is 39.9 Å². The topological polar surface area (TPSA) is 46.6 Å². The molecule has 2 heterocycles. The van der Waals surface area contributed by atoms with Crippen LogP contribution < -0.4 is 4.74 Å². The Morgan fingerprint density at radius 1 is 1.36 bits per heavy atom. The second kappa shape index (κ2) is 5.98. The molecule has 7 heteroatoms. The Hall–Kier alpha value is -1.44. The van der Waals surface area contributed by atoms with E-state index in [-0.39, 0.29) is 16.6 Å². The molecule has 0 spiro atoms. The molecule has 1 aromatic carbocycles. The summed E-state index contributed by atoms with van der Waals surface area (Å²) < 4.78 is 45.5. The smallest absolute Gasteiger partial charge is 0.246 e. The Balaban J connectivity index is 1.90. The summed E-state index contributed by atoms with van der Waals surface area (Å²) in [5.41, 5.74) is 1.16. The molecule has 1 aliphatic heterocycles. The largest absolute Gasteiger partial charge is 0.495 e. The minimum Gasteiger partial charge on any atom is -0.495 e. The van der Waals surface area contributed by atoms with E-state index in [0.29, 0.717) is 13.1 Å². The van der Waals surface area contributed by atoms with Crippen molar-refractivity contribution in [1.29, 1.82) is 0 Å². The average molecular weight is 341 g/mol. The number of rotatable bonds is 4. The summed E-state index contributed by atoms with van der Waals surface area (Å²) in [6, 6.07) is 5.57. The van der Waals surface area contributed by atoms with Crippen molar-refractivity contribution in [2.45, 2.75) is 17.2 Å². The molecule has 0 aliphatic carbocycles. The fourth-order valence-electron chi connectivity index (χ4n) is 2.72.